The van der Waals surface area contributed by atoms with E-state index in [9.17, 15) is 9.18 Å². The molecule has 1 N–H and O–H groups in total. The molecule has 0 aliphatic heterocycles. The van der Waals surface area contributed by atoms with Crippen molar-refractivity contribution in [2.75, 3.05) is 7.11 Å². The molecular formula is C22H17Cl2FN2O3. The number of ether oxygens (including phenoxy) is 2. The third kappa shape index (κ3) is 5.72. The van der Waals surface area contributed by atoms with Crippen LogP contribution in [0.3, 0.4) is 0 Å². The van der Waals surface area contributed by atoms with Crippen molar-refractivity contribution in [2.24, 2.45) is 5.10 Å². The van der Waals surface area contributed by atoms with Gasteiger partial charge in [0.2, 0.25) is 0 Å². The molecule has 0 saturated heterocycles. The number of methoxy groups -OCH3 is 1. The van der Waals surface area contributed by atoms with Crippen LogP contribution in [0.1, 0.15) is 21.5 Å². The number of hydrazone groups is 1. The molecule has 3 rings (SSSR count). The van der Waals surface area contributed by atoms with Crippen molar-refractivity contribution in [2.45, 2.75) is 6.61 Å². The molecule has 0 aliphatic rings. The van der Waals surface area contributed by atoms with Gasteiger partial charge in [0, 0.05) is 10.6 Å². The molecule has 5 nitrogen and oxygen atoms in total. The summed E-state index contributed by atoms with van der Waals surface area (Å²) in [5.74, 6) is -0.0947. The van der Waals surface area contributed by atoms with Crippen LogP contribution in [-0.4, -0.2) is 19.2 Å². The molecule has 0 heterocycles. The topological polar surface area (TPSA) is 59.9 Å². The SMILES string of the molecule is COc1cc(/C=N\NC(=O)c2ccc(F)cc2)cc(Cl)c1OCc1cccc(Cl)c1. The highest BCUT2D eigenvalue weighted by Gasteiger charge is 2.12. The second-order valence-corrected chi connectivity index (χ2v) is 7.00. The average Bonchev–Trinajstić information content (AvgIpc) is 2.73. The van der Waals surface area contributed by atoms with Gasteiger partial charge in [0.15, 0.2) is 11.5 Å². The molecular weight excluding hydrogens is 430 g/mol. The van der Waals surface area contributed by atoms with E-state index in [1.807, 2.05) is 12.1 Å². The molecule has 8 heteroatoms. The number of carbonyl (C=O) groups excluding carboxylic acids is 1. The minimum absolute atomic E-state index is 0.262. The van der Waals surface area contributed by atoms with E-state index in [0.29, 0.717) is 27.1 Å². The summed E-state index contributed by atoms with van der Waals surface area (Å²) in [6, 6.07) is 15.7. The van der Waals surface area contributed by atoms with Crippen molar-refractivity contribution in [1.82, 2.24) is 5.43 Å². The minimum atomic E-state index is -0.467. The summed E-state index contributed by atoms with van der Waals surface area (Å²) in [5, 5.41) is 4.84. The van der Waals surface area contributed by atoms with Crippen molar-refractivity contribution < 1.29 is 18.7 Å². The van der Waals surface area contributed by atoms with Gasteiger partial charge in [-0.3, -0.25) is 4.79 Å². The molecule has 0 aliphatic carbocycles. The van der Waals surface area contributed by atoms with Crippen molar-refractivity contribution >= 4 is 35.3 Å². The van der Waals surface area contributed by atoms with Crippen LogP contribution in [0.15, 0.2) is 65.8 Å². The fraction of sp³-hybridized carbons (Fsp3) is 0.0909. The van der Waals surface area contributed by atoms with Crippen molar-refractivity contribution in [3.05, 3.63) is 93.2 Å². The Hall–Kier alpha value is -3.09. The Kier molecular flexibility index (Phi) is 7.27. The number of benzene rings is 3. The van der Waals surface area contributed by atoms with E-state index in [1.165, 1.54) is 37.6 Å². The highest BCUT2D eigenvalue weighted by Crippen LogP contribution is 2.36. The van der Waals surface area contributed by atoms with Crippen molar-refractivity contribution in [1.29, 1.82) is 0 Å². The molecule has 1 amide bonds. The summed E-state index contributed by atoms with van der Waals surface area (Å²) in [6.07, 6.45) is 1.41. The summed E-state index contributed by atoms with van der Waals surface area (Å²) < 4.78 is 24.1. The van der Waals surface area contributed by atoms with Gasteiger partial charge in [-0.05, 0) is 59.7 Å². The second-order valence-electron chi connectivity index (χ2n) is 6.16. The van der Waals surface area contributed by atoms with Crippen LogP contribution in [0.25, 0.3) is 0 Å². The van der Waals surface area contributed by atoms with Gasteiger partial charge in [-0.15, -0.1) is 0 Å². The van der Waals surface area contributed by atoms with Crippen LogP contribution in [0.4, 0.5) is 4.39 Å². The quantitative estimate of drug-likeness (QED) is 0.385. The number of hydrogen-bond acceptors (Lipinski definition) is 4. The maximum atomic E-state index is 12.9. The van der Waals surface area contributed by atoms with Crippen LogP contribution in [-0.2, 0) is 6.61 Å². The van der Waals surface area contributed by atoms with E-state index in [-0.39, 0.29) is 12.2 Å². The van der Waals surface area contributed by atoms with Crippen LogP contribution in [0.5, 0.6) is 11.5 Å². The summed E-state index contributed by atoms with van der Waals surface area (Å²) >= 11 is 12.3. The van der Waals surface area contributed by atoms with Gasteiger partial charge in [0.1, 0.15) is 12.4 Å². The predicted molar refractivity (Wildman–Crippen MR) is 115 cm³/mol. The average molecular weight is 447 g/mol. The second kappa shape index (κ2) is 10.1. The third-order valence-corrected chi connectivity index (χ3v) is 4.53. The van der Waals surface area contributed by atoms with E-state index >= 15 is 0 Å². The summed E-state index contributed by atoms with van der Waals surface area (Å²) in [5.41, 5.74) is 4.13. The molecule has 30 heavy (non-hydrogen) atoms. The van der Waals surface area contributed by atoms with Gasteiger partial charge in [0.05, 0.1) is 18.3 Å². The summed E-state index contributed by atoms with van der Waals surface area (Å²) in [4.78, 5) is 12.0. The number of rotatable bonds is 7. The van der Waals surface area contributed by atoms with Gasteiger partial charge in [0.25, 0.3) is 5.91 Å². The highest BCUT2D eigenvalue weighted by molar-refractivity contribution is 6.32. The Morgan fingerprint density at radius 1 is 1.13 bits per heavy atom. The van der Waals surface area contributed by atoms with E-state index < -0.39 is 11.7 Å². The number of nitrogens with one attached hydrogen (secondary N) is 1. The van der Waals surface area contributed by atoms with Crippen molar-refractivity contribution in [3.63, 3.8) is 0 Å². The molecule has 154 valence electrons. The van der Waals surface area contributed by atoms with Crippen LogP contribution < -0.4 is 14.9 Å². The van der Waals surface area contributed by atoms with Gasteiger partial charge in [-0.25, -0.2) is 9.82 Å². The van der Waals surface area contributed by atoms with Crippen LogP contribution in [0, 0.1) is 5.82 Å². The van der Waals surface area contributed by atoms with Gasteiger partial charge in [-0.1, -0.05) is 35.3 Å². The molecule has 0 bridgehead atoms. The number of halogens is 3. The zero-order valence-electron chi connectivity index (χ0n) is 15.9. The van der Waals surface area contributed by atoms with Gasteiger partial charge in [-0.2, -0.15) is 5.10 Å². The molecule has 0 aromatic heterocycles. The van der Waals surface area contributed by atoms with Crippen molar-refractivity contribution in [3.8, 4) is 11.5 Å². The lowest BCUT2D eigenvalue weighted by molar-refractivity contribution is 0.0955. The molecule has 0 radical (unpaired) electrons. The first kappa shape index (κ1) is 21.6. The first-order valence-corrected chi connectivity index (χ1v) is 9.55. The Balaban J connectivity index is 1.69. The van der Waals surface area contributed by atoms with E-state index in [0.717, 1.165) is 5.56 Å². The number of amides is 1. The van der Waals surface area contributed by atoms with Gasteiger partial charge < -0.3 is 9.47 Å². The van der Waals surface area contributed by atoms with E-state index in [1.54, 1.807) is 24.3 Å². The standard InChI is InChI=1S/C22H17Cl2FN2O3/c1-29-20-11-15(12-26-27-22(28)16-5-7-18(25)8-6-16)10-19(24)21(20)30-13-14-3-2-4-17(23)9-14/h2-12H,13H2,1H3,(H,27,28)/b26-12-. The number of nitrogens with zero attached hydrogens (tertiary/aromatic N) is 1. The predicted octanol–water partition coefficient (Wildman–Crippen LogP) is 5.48. The lowest BCUT2D eigenvalue weighted by atomic mass is 10.2. The van der Waals surface area contributed by atoms with Gasteiger partial charge >= 0.3 is 0 Å². The first-order chi connectivity index (χ1) is 14.5. The fourth-order valence-corrected chi connectivity index (χ4v) is 3.05. The lowest BCUT2D eigenvalue weighted by Gasteiger charge is -2.13. The number of hydrogen-bond donors (Lipinski definition) is 1. The van der Waals surface area contributed by atoms with Crippen LogP contribution >= 0.6 is 23.2 Å². The first-order valence-electron chi connectivity index (χ1n) is 8.80. The third-order valence-electron chi connectivity index (χ3n) is 4.01. The maximum absolute atomic E-state index is 12.9. The smallest absolute Gasteiger partial charge is 0.271 e. The Morgan fingerprint density at radius 2 is 1.90 bits per heavy atom. The molecule has 0 unspecified atom stereocenters. The molecule has 0 fully saturated rings. The molecule has 3 aromatic carbocycles. The minimum Gasteiger partial charge on any atom is -0.493 e. The zero-order valence-corrected chi connectivity index (χ0v) is 17.4. The molecule has 0 atom stereocenters. The Morgan fingerprint density at radius 3 is 2.60 bits per heavy atom. The van der Waals surface area contributed by atoms with E-state index in [4.69, 9.17) is 32.7 Å². The summed E-state index contributed by atoms with van der Waals surface area (Å²) in [7, 11) is 1.50. The fourth-order valence-electron chi connectivity index (χ4n) is 2.57. The summed E-state index contributed by atoms with van der Waals surface area (Å²) in [6.45, 7) is 0.262. The molecule has 3 aromatic rings. The highest BCUT2D eigenvalue weighted by atomic mass is 35.5. The molecule has 0 spiro atoms. The largest absolute Gasteiger partial charge is 0.493 e. The van der Waals surface area contributed by atoms with E-state index in [2.05, 4.69) is 10.5 Å². The molecule has 0 saturated carbocycles. The monoisotopic (exact) mass is 446 g/mol. The number of carbonyl (C=O) groups is 1. The van der Waals surface area contributed by atoms with Crippen LogP contribution in [0.2, 0.25) is 10.0 Å². The Bertz CT molecular complexity index is 1070. The Labute approximate surface area is 183 Å². The lowest BCUT2D eigenvalue weighted by Crippen LogP contribution is -2.17. The normalized spacial score (nSPS) is 10.8. The zero-order chi connectivity index (χ0) is 21.5. The maximum Gasteiger partial charge on any atom is 0.271 e.